The molecule has 51 heavy (non-hydrogen) atoms. The van der Waals surface area contributed by atoms with Gasteiger partial charge in [0.2, 0.25) is 0 Å². The van der Waals surface area contributed by atoms with Gasteiger partial charge in [-0.15, -0.1) is 0 Å². The van der Waals surface area contributed by atoms with Crippen LogP contribution in [0.2, 0.25) is 6.04 Å². The summed E-state index contributed by atoms with van der Waals surface area (Å²) in [5, 5.41) is 10.1. The molecular weight excluding hydrogens is 696 g/mol. The first-order valence-corrected chi connectivity index (χ1v) is 19.5. The molecule has 0 saturated carbocycles. The molecule has 308 valence electrons. The fourth-order valence-corrected chi connectivity index (χ4v) is 5.95. The van der Waals surface area contributed by atoms with Crippen molar-refractivity contribution in [3.8, 4) is 0 Å². The van der Waals surface area contributed by atoms with Crippen molar-refractivity contribution in [3.63, 3.8) is 0 Å². The molecule has 0 aromatic carbocycles. The van der Waals surface area contributed by atoms with Crippen molar-refractivity contribution in [2.45, 2.75) is 18.6 Å². The molecule has 0 radical (unpaired) electrons. The van der Waals surface area contributed by atoms with Crippen LogP contribution >= 0.6 is 0 Å². The number of ether oxygens (including phenoxy) is 13. The molecule has 1 unspecified atom stereocenters. The Morgan fingerprint density at radius 3 is 1.02 bits per heavy atom. The molecule has 0 saturated heterocycles. The summed E-state index contributed by atoms with van der Waals surface area (Å²) in [4.78, 5) is 0. The standard InChI is InChI=1S/C33H70O17Si/c1-35-9-12-41-16-21-47-28-33(29-48-22-17-42-13-10-36-2,30-49-23-18-43-14-11-37-3)31-50-24-19-44-15-20-46-27-32(34)26-45-8-7-25-51(38-4,39-5)40-6/h32,34H,7-31H2,1-6H3. The second-order valence-corrected chi connectivity index (χ2v) is 14.4. The van der Waals surface area contributed by atoms with Gasteiger partial charge in [-0.3, -0.25) is 0 Å². The van der Waals surface area contributed by atoms with E-state index >= 15 is 0 Å². The van der Waals surface area contributed by atoms with Crippen LogP contribution in [-0.2, 0) is 74.9 Å². The zero-order chi connectivity index (χ0) is 37.6. The first-order valence-electron chi connectivity index (χ1n) is 17.5. The molecule has 0 aliphatic rings. The van der Waals surface area contributed by atoms with Gasteiger partial charge in [0.25, 0.3) is 0 Å². The summed E-state index contributed by atoms with van der Waals surface area (Å²) >= 11 is 0. The Morgan fingerprint density at radius 2 is 0.686 bits per heavy atom. The summed E-state index contributed by atoms with van der Waals surface area (Å²) in [5.41, 5.74) is -0.602. The third-order valence-corrected chi connectivity index (χ3v) is 9.95. The lowest BCUT2D eigenvalue weighted by Gasteiger charge is -2.33. The van der Waals surface area contributed by atoms with Crippen molar-refractivity contribution in [2.24, 2.45) is 5.41 Å². The fraction of sp³-hybridized carbons (Fsp3) is 1.00. The monoisotopic (exact) mass is 766 g/mol. The Morgan fingerprint density at radius 1 is 0.392 bits per heavy atom. The van der Waals surface area contributed by atoms with Crippen LogP contribution in [0.25, 0.3) is 0 Å². The van der Waals surface area contributed by atoms with E-state index in [0.29, 0.717) is 151 Å². The number of hydrogen-bond acceptors (Lipinski definition) is 17. The Bertz CT molecular complexity index is 642. The van der Waals surface area contributed by atoms with E-state index in [0.717, 1.165) is 0 Å². The first kappa shape index (κ1) is 50.5. The minimum Gasteiger partial charge on any atom is -0.388 e. The maximum atomic E-state index is 10.1. The van der Waals surface area contributed by atoms with Crippen LogP contribution in [-0.4, -0.2) is 215 Å². The predicted molar refractivity (Wildman–Crippen MR) is 188 cm³/mol. The first-order chi connectivity index (χ1) is 25.0. The Balaban J connectivity index is 4.63. The van der Waals surface area contributed by atoms with E-state index in [-0.39, 0.29) is 13.2 Å². The molecule has 0 amide bonds. The van der Waals surface area contributed by atoms with E-state index in [1.807, 2.05) is 0 Å². The number of aliphatic hydroxyl groups is 1. The molecular formula is C33H70O17Si. The van der Waals surface area contributed by atoms with Gasteiger partial charge in [-0.25, -0.2) is 0 Å². The van der Waals surface area contributed by atoms with E-state index in [9.17, 15) is 5.11 Å². The average Bonchev–Trinajstić information content (AvgIpc) is 3.14. The quantitative estimate of drug-likeness (QED) is 0.0680. The second-order valence-electron chi connectivity index (χ2n) is 11.3. The number of methoxy groups -OCH3 is 3. The highest BCUT2D eigenvalue weighted by atomic mass is 28.4. The van der Waals surface area contributed by atoms with Crippen molar-refractivity contribution in [1.82, 2.24) is 0 Å². The molecule has 0 aliphatic heterocycles. The van der Waals surface area contributed by atoms with E-state index < -0.39 is 20.3 Å². The lowest BCUT2D eigenvalue weighted by Crippen LogP contribution is -2.43. The van der Waals surface area contributed by atoms with Gasteiger partial charge in [0.05, 0.1) is 151 Å². The summed E-state index contributed by atoms with van der Waals surface area (Å²) in [6, 6.07) is 0.627. The van der Waals surface area contributed by atoms with Gasteiger partial charge in [-0.1, -0.05) is 0 Å². The highest BCUT2D eigenvalue weighted by Crippen LogP contribution is 2.21. The van der Waals surface area contributed by atoms with Gasteiger partial charge in [0, 0.05) is 55.3 Å². The Kier molecular flexibility index (Phi) is 37.5. The maximum Gasteiger partial charge on any atom is 0.500 e. The average molecular weight is 767 g/mol. The highest BCUT2D eigenvalue weighted by molar-refractivity contribution is 6.60. The molecule has 18 heteroatoms. The molecule has 0 spiro atoms. The van der Waals surface area contributed by atoms with Gasteiger partial charge in [-0.2, -0.15) is 0 Å². The van der Waals surface area contributed by atoms with Gasteiger partial charge in [-0.05, 0) is 6.42 Å². The van der Waals surface area contributed by atoms with Crippen LogP contribution in [0.5, 0.6) is 0 Å². The topological polar surface area (TPSA) is 168 Å². The minimum atomic E-state index is -2.61. The second kappa shape index (κ2) is 37.8. The molecule has 0 fully saturated rings. The van der Waals surface area contributed by atoms with E-state index in [2.05, 4.69) is 0 Å². The van der Waals surface area contributed by atoms with Crippen LogP contribution in [0.1, 0.15) is 6.42 Å². The lowest BCUT2D eigenvalue weighted by molar-refractivity contribution is -0.122. The highest BCUT2D eigenvalue weighted by Gasteiger charge is 2.37. The van der Waals surface area contributed by atoms with Crippen molar-refractivity contribution >= 4 is 8.80 Å². The van der Waals surface area contributed by atoms with Crippen LogP contribution in [0, 0.1) is 5.41 Å². The molecule has 17 nitrogen and oxygen atoms in total. The fourth-order valence-electron chi connectivity index (χ4n) is 4.26. The summed E-state index contributed by atoms with van der Waals surface area (Å²) in [5.74, 6) is 0. The van der Waals surface area contributed by atoms with Gasteiger partial charge in [0.1, 0.15) is 6.10 Å². The van der Waals surface area contributed by atoms with E-state index in [1.54, 1.807) is 42.7 Å². The summed E-state index contributed by atoms with van der Waals surface area (Å²) < 4.78 is 88.7. The molecule has 1 N–H and O–H groups in total. The SMILES string of the molecule is COCCOCCOCC(COCCOCCOC)(COCCOCCOC)COCCOCCOCC(O)COCCC[Si](OC)(OC)OC. The van der Waals surface area contributed by atoms with Crippen molar-refractivity contribution in [1.29, 1.82) is 0 Å². The van der Waals surface area contributed by atoms with Crippen LogP contribution in [0.3, 0.4) is 0 Å². The van der Waals surface area contributed by atoms with Crippen LogP contribution < -0.4 is 0 Å². The third kappa shape index (κ3) is 30.5. The molecule has 0 bridgehead atoms. The number of hydrogen-bond donors (Lipinski definition) is 1. The largest absolute Gasteiger partial charge is 0.500 e. The summed E-state index contributed by atoms with van der Waals surface area (Å²) in [6.07, 6.45) is -0.0498. The Labute approximate surface area is 307 Å². The third-order valence-electron chi connectivity index (χ3n) is 7.11. The van der Waals surface area contributed by atoms with Crippen molar-refractivity contribution in [3.05, 3.63) is 0 Å². The molecule has 0 aliphatic carbocycles. The molecule has 0 rings (SSSR count). The van der Waals surface area contributed by atoms with E-state index in [4.69, 9.17) is 74.9 Å². The van der Waals surface area contributed by atoms with E-state index in [1.165, 1.54) is 0 Å². The molecule has 0 aromatic heterocycles. The van der Waals surface area contributed by atoms with Gasteiger partial charge >= 0.3 is 8.80 Å². The molecule has 0 heterocycles. The summed E-state index contributed by atoms with van der Waals surface area (Å²) in [6.45, 7) is 8.96. The van der Waals surface area contributed by atoms with Crippen LogP contribution in [0.4, 0.5) is 0 Å². The normalized spacial score (nSPS) is 13.0. The van der Waals surface area contributed by atoms with Crippen molar-refractivity contribution < 1.29 is 80.0 Å². The smallest absolute Gasteiger partial charge is 0.388 e. The lowest BCUT2D eigenvalue weighted by atomic mass is 9.92. The molecule has 1 atom stereocenters. The zero-order valence-electron chi connectivity index (χ0n) is 32.2. The maximum absolute atomic E-state index is 10.1. The van der Waals surface area contributed by atoms with Crippen LogP contribution in [0.15, 0.2) is 0 Å². The minimum absolute atomic E-state index is 0.140. The molecule has 0 aromatic rings. The predicted octanol–water partition coefficient (Wildman–Crippen LogP) is 0.707. The Hall–Kier alpha value is -0.463. The number of aliphatic hydroxyl groups excluding tert-OH is 1. The summed E-state index contributed by atoms with van der Waals surface area (Å²) in [7, 11) is 7.01. The van der Waals surface area contributed by atoms with Crippen molar-refractivity contribution in [2.75, 3.05) is 195 Å². The van der Waals surface area contributed by atoms with Gasteiger partial charge in [0.15, 0.2) is 0 Å². The zero-order valence-corrected chi connectivity index (χ0v) is 33.2. The number of rotatable bonds is 43. The van der Waals surface area contributed by atoms with Gasteiger partial charge < -0.3 is 80.0 Å².